The van der Waals surface area contributed by atoms with E-state index < -0.39 is 0 Å². The SMILES string of the molecule is CC(C)(C)c1cc(-c2ccncc2)c2ccccc2c1O. The first-order valence-electron chi connectivity index (χ1n) is 7.14. The first-order chi connectivity index (χ1) is 9.98. The van der Waals surface area contributed by atoms with Crippen molar-refractivity contribution < 1.29 is 5.11 Å². The van der Waals surface area contributed by atoms with Gasteiger partial charge in [0, 0.05) is 23.3 Å². The van der Waals surface area contributed by atoms with Gasteiger partial charge in [0.15, 0.2) is 0 Å². The Hall–Kier alpha value is -2.35. The number of hydrogen-bond donors (Lipinski definition) is 1. The smallest absolute Gasteiger partial charge is 0.127 e. The monoisotopic (exact) mass is 277 g/mol. The third-order valence-corrected chi connectivity index (χ3v) is 3.82. The van der Waals surface area contributed by atoms with Crippen LogP contribution in [-0.2, 0) is 5.41 Å². The lowest BCUT2D eigenvalue weighted by Crippen LogP contribution is -2.11. The fourth-order valence-corrected chi connectivity index (χ4v) is 2.70. The minimum absolute atomic E-state index is 0.115. The highest BCUT2D eigenvalue weighted by Crippen LogP contribution is 2.41. The summed E-state index contributed by atoms with van der Waals surface area (Å²) in [6, 6.07) is 14.1. The van der Waals surface area contributed by atoms with Crippen molar-refractivity contribution >= 4 is 10.8 Å². The minimum Gasteiger partial charge on any atom is -0.507 e. The van der Waals surface area contributed by atoms with Gasteiger partial charge >= 0.3 is 0 Å². The molecule has 1 heterocycles. The normalized spacial score (nSPS) is 11.8. The predicted octanol–water partition coefficient (Wildman–Crippen LogP) is 4.90. The lowest BCUT2D eigenvalue weighted by Gasteiger charge is -2.23. The van der Waals surface area contributed by atoms with Gasteiger partial charge in [-0.1, -0.05) is 45.0 Å². The summed E-state index contributed by atoms with van der Waals surface area (Å²) in [5, 5.41) is 12.6. The van der Waals surface area contributed by atoms with E-state index in [-0.39, 0.29) is 5.41 Å². The van der Waals surface area contributed by atoms with Crippen molar-refractivity contribution in [2.45, 2.75) is 26.2 Å². The highest BCUT2D eigenvalue weighted by Gasteiger charge is 2.21. The maximum absolute atomic E-state index is 10.6. The Bertz CT molecular complexity index is 786. The van der Waals surface area contributed by atoms with Crippen LogP contribution in [0.2, 0.25) is 0 Å². The van der Waals surface area contributed by atoms with E-state index in [0.717, 1.165) is 27.5 Å². The zero-order valence-corrected chi connectivity index (χ0v) is 12.6. The van der Waals surface area contributed by atoms with E-state index in [9.17, 15) is 5.11 Å². The molecule has 2 nitrogen and oxygen atoms in total. The van der Waals surface area contributed by atoms with E-state index in [1.54, 1.807) is 12.4 Å². The largest absolute Gasteiger partial charge is 0.507 e. The molecule has 0 bridgehead atoms. The second-order valence-electron chi connectivity index (χ2n) is 6.35. The molecular formula is C19H19NO. The third-order valence-electron chi connectivity index (χ3n) is 3.82. The summed E-state index contributed by atoms with van der Waals surface area (Å²) >= 11 is 0. The highest BCUT2D eigenvalue weighted by molar-refractivity contribution is 6.01. The first-order valence-corrected chi connectivity index (χ1v) is 7.14. The molecule has 0 unspecified atom stereocenters. The summed E-state index contributed by atoms with van der Waals surface area (Å²) < 4.78 is 0. The zero-order chi connectivity index (χ0) is 15.0. The number of benzene rings is 2. The molecule has 106 valence electrons. The van der Waals surface area contributed by atoms with Crippen LogP contribution in [0.15, 0.2) is 54.9 Å². The average molecular weight is 277 g/mol. The molecule has 0 aliphatic rings. The number of rotatable bonds is 1. The van der Waals surface area contributed by atoms with E-state index >= 15 is 0 Å². The summed E-state index contributed by atoms with van der Waals surface area (Å²) in [5.74, 6) is 0.385. The summed E-state index contributed by atoms with van der Waals surface area (Å²) in [6.07, 6.45) is 3.60. The summed E-state index contributed by atoms with van der Waals surface area (Å²) in [5.41, 5.74) is 3.10. The van der Waals surface area contributed by atoms with Crippen molar-refractivity contribution in [3.63, 3.8) is 0 Å². The van der Waals surface area contributed by atoms with Crippen LogP contribution in [0.1, 0.15) is 26.3 Å². The van der Waals surface area contributed by atoms with Crippen LogP contribution >= 0.6 is 0 Å². The molecule has 0 saturated carbocycles. The van der Waals surface area contributed by atoms with Gasteiger partial charge in [0.1, 0.15) is 5.75 Å². The Kier molecular flexibility index (Phi) is 3.17. The maximum Gasteiger partial charge on any atom is 0.127 e. The Morgan fingerprint density at radius 2 is 1.52 bits per heavy atom. The molecule has 2 aromatic carbocycles. The molecule has 2 heteroatoms. The average Bonchev–Trinajstić information content (AvgIpc) is 2.47. The lowest BCUT2D eigenvalue weighted by atomic mass is 9.82. The number of phenolic OH excluding ortho intramolecular Hbond substituents is 1. The van der Waals surface area contributed by atoms with E-state index in [4.69, 9.17) is 0 Å². The van der Waals surface area contributed by atoms with Gasteiger partial charge in [-0.25, -0.2) is 0 Å². The quantitative estimate of drug-likeness (QED) is 0.686. The molecule has 3 rings (SSSR count). The maximum atomic E-state index is 10.6. The Morgan fingerprint density at radius 3 is 2.14 bits per heavy atom. The fraction of sp³-hybridized carbons (Fsp3) is 0.211. The first kappa shape index (κ1) is 13.6. The minimum atomic E-state index is -0.115. The second-order valence-corrected chi connectivity index (χ2v) is 6.35. The summed E-state index contributed by atoms with van der Waals surface area (Å²) in [4.78, 5) is 4.09. The Morgan fingerprint density at radius 1 is 0.905 bits per heavy atom. The van der Waals surface area contributed by atoms with Crippen LogP contribution in [0.3, 0.4) is 0 Å². The molecule has 0 saturated heterocycles. The number of nitrogens with zero attached hydrogens (tertiary/aromatic N) is 1. The number of fused-ring (bicyclic) bond motifs is 1. The molecule has 0 spiro atoms. The number of pyridine rings is 1. The molecule has 0 aliphatic heterocycles. The third kappa shape index (κ3) is 2.38. The number of aromatic nitrogens is 1. The topological polar surface area (TPSA) is 33.1 Å². The summed E-state index contributed by atoms with van der Waals surface area (Å²) in [7, 11) is 0. The molecule has 0 amide bonds. The second kappa shape index (κ2) is 4.88. The molecular weight excluding hydrogens is 258 g/mol. The van der Waals surface area contributed by atoms with Gasteiger partial charge in [-0.3, -0.25) is 4.98 Å². The van der Waals surface area contributed by atoms with Crippen LogP contribution < -0.4 is 0 Å². The number of hydrogen-bond acceptors (Lipinski definition) is 2. The van der Waals surface area contributed by atoms with Crippen molar-refractivity contribution in [2.75, 3.05) is 0 Å². The van der Waals surface area contributed by atoms with Crippen LogP contribution in [-0.4, -0.2) is 10.1 Å². The van der Waals surface area contributed by atoms with Crippen molar-refractivity contribution in [3.05, 3.63) is 60.4 Å². The fourth-order valence-electron chi connectivity index (χ4n) is 2.70. The van der Waals surface area contributed by atoms with Gasteiger partial charge in [0.05, 0.1) is 0 Å². The van der Waals surface area contributed by atoms with Crippen molar-refractivity contribution in [1.29, 1.82) is 0 Å². The van der Waals surface area contributed by atoms with E-state index in [1.165, 1.54) is 0 Å². The molecule has 1 aromatic heterocycles. The van der Waals surface area contributed by atoms with Crippen molar-refractivity contribution in [3.8, 4) is 16.9 Å². The molecule has 0 aliphatic carbocycles. The van der Waals surface area contributed by atoms with Crippen molar-refractivity contribution in [1.82, 2.24) is 4.98 Å². The van der Waals surface area contributed by atoms with Crippen LogP contribution in [0.25, 0.3) is 21.9 Å². The van der Waals surface area contributed by atoms with Crippen LogP contribution in [0.4, 0.5) is 0 Å². The van der Waals surface area contributed by atoms with Gasteiger partial charge in [-0.15, -0.1) is 0 Å². The number of phenols is 1. The molecule has 0 radical (unpaired) electrons. The molecule has 0 fully saturated rings. The molecule has 1 N–H and O–H groups in total. The highest BCUT2D eigenvalue weighted by atomic mass is 16.3. The van der Waals surface area contributed by atoms with Gasteiger partial charge in [-0.05, 0) is 40.1 Å². The molecule has 21 heavy (non-hydrogen) atoms. The Labute approximate surface area is 125 Å². The van der Waals surface area contributed by atoms with Crippen molar-refractivity contribution in [2.24, 2.45) is 0 Å². The molecule has 0 atom stereocenters. The van der Waals surface area contributed by atoms with E-state index in [0.29, 0.717) is 5.75 Å². The van der Waals surface area contributed by atoms with Gasteiger partial charge in [0.2, 0.25) is 0 Å². The van der Waals surface area contributed by atoms with Crippen LogP contribution in [0.5, 0.6) is 5.75 Å². The zero-order valence-electron chi connectivity index (χ0n) is 12.6. The number of aromatic hydroxyl groups is 1. The van der Waals surface area contributed by atoms with E-state index in [2.05, 4.69) is 37.9 Å². The standard InChI is InChI=1S/C19H19NO/c1-19(2,3)17-12-16(13-8-10-20-11-9-13)14-6-4-5-7-15(14)18(17)21/h4-12,21H,1-3H3. The summed E-state index contributed by atoms with van der Waals surface area (Å²) in [6.45, 7) is 6.35. The lowest BCUT2D eigenvalue weighted by molar-refractivity contribution is 0.453. The van der Waals surface area contributed by atoms with Gasteiger partial charge in [0.25, 0.3) is 0 Å². The van der Waals surface area contributed by atoms with Crippen LogP contribution in [0, 0.1) is 0 Å². The van der Waals surface area contributed by atoms with Gasteiger partial charge < -0.3 is 5.11 Å². The predicted molar refractivity (Wildman–Crippen MR) is 87.5 cm³/mol. The van der Waals surface area contributed by atoms with Gasteiger partial charge in [-0.2, -0.15) is 0 Å². The molecule has 3 aromatic rings. The van der Waals surface area contributed by atoms with E-state index in [1.807, 2.05) is 30.3 Å². The Balaban J connectivity index is 2.41.